The number of hydrogen-bond acceptors (Lipinski definition) is 4. The Balaban J connectivity index is 2.18. The zero-order chi connectivity index (χ0) is 15.3. The smallest absolute Gasteiger partial charge is 0.126 e. The number of aromatic nitrogens is 1. The zero-order valence-corrected chi connectivity index (χ0v) is 13.6. The van der Waals surface area contributed by atoms with Gasteiger partial charge in [-0.25, -0.2) is 4.98 Å². The minimum absolute atomic E-state index is 0.0711. The van der Waals surface area contributed by atoms with Crippen LogP contribution in [0.4, 0.5) is 5.82 Å². The lowest BCUT2D eigenvalue weighted by Crippen LogP contribution is -2.54. The molecule has 1 saturated carbocycles. The molecule has 1 unspecified atom stereocenters. The molecule has 1 aliphatic carbocycles. The van der Waals surface area contributed by atoms with Gasteiger partial charge in [-0.15, -0.1) is 0 Å². The fourth-order valence-electron chi connectivity index (χ4n) is 3.53. The lowest BCUT2D eigenvalue weighted by molar-refractivity contribution is -0.0947. The minimum Gasteiger partial charge on any atom is -0.383 e. The van der Waals surface area contributed by atoms with Gasteiger partial charge in [0.25, 0.3) is 0 Å². The van der Waals surface area contributed by atoms with Gasteiger partial charge in [0, 0.05) is 18.8 Å². The number of nitrogens with zero attached hydrogens (tertiary/aromatic N) is 1. The van der Waals surface area contributed by atoms with E-state index in [1.54, 1.807) is 6.20 Å². The maximum Gasteiger partial charge on any atom is 0.126 e. The summed E-state index contributed by atoms with van der Waals surface area (Å²) in [6.07, 6.45) is 7.32. The van der Waals surface area contributed by atoms with Crippen molar-refractivity contribution in [1.82, 2.24) is 10.3 Å². The summed E-state index contributed by atoms with van der Waals surface area (Å²) in [4.78, 5) is 4.20. The van der Waals surface area contributed by atoms with E-state index >= 15 is 0 Å². The van der Waals surface area contributed by atoms with Crippen molar-refractivity contribution in [3.63, 3.8) is 0 Å². The summed E-state index contributed by atoms with van der Waals surface area (Å²) in [7, 11) is 2.02. The molecule has 0 aliphatic heterocycles. The highest BCUT2D eigenvalue weighted by Gasteiger charge is 2.41. The summed E-state index contributed by atoms with van der Waals surface area (Å²) in [5.41, 5.74) is 7.05. The van der Waals surface area contributed by atoms with Gasteiger partial charge in [-0.2, -0.15) is 0 Å². The number of pyridine rings is 1. The molecule has 1 atom stereocenters. The lowest BCUT2D eigenvalue weighted by atomic mass is 9.73. The third-order valence-corrected chi connectivity index (χ3v) is 4.89. The predicted molar refractivity (Wildman–Crippen MR) is 87.2 cm³/mol. The van der Waals surface area contributed by atoms with E-state index < -0.39 is 0 Å². The van der Waals surface area contributed by atoms with E-state index in [2.05, 4.69) is 30.2 Å². The largest absolute Gasteiger partial charge is 0.383 e. The van der Waals surface area contributed by atoms with Crippen LogP contribution in [0.15, 0.2) is 18.3 Å². The molecule has 4 heteroatoms. The van der Waals surface area contributed by atoms with Crippen molar-refractivity contribution in [1.29, 1.82) is 0 Å². The summed E-state index contributed by atoms with van der Waals surface area (Å²) in [6.45, 7) is 5.18. The molecule has 0 radical (unpaired) electrons. The van der Waals surface area contributed by atoms with E-state index in [1.807, 2.05) is 13.1 Å². The molecule has 0 bridgehead atoms. The first-order valence-electron chi connectivity index (χ1n) is 8.12. The molecule has 1 aliphatic rings. The Morgan fingerprint density at radius 2 is 2.19 bits per heavy atom. The number of nitrogens with one attached hydrogen (secondary N) is 1. The van der Waals surface area contributed by atoms with Crippen LogP contribution in [0.2, 0.25) is 0 Å². The van der Waals surface area contributed by atoms with Crippen molar-refractivity contribution in [3.8, 4) is 0 Å². The van der Waals surface area contributed by atoms with Gasteiger partial charge in [-0.1, -0.05) is 13.0 Å². The topological polar surface area (TPSA) is 60.2 Å². The van der Waals surface area contributed by atoms with E-state index in [0.717, 1.165) is 37.4 Å². The maximum atomic E-state index is 6.26. The summed E-state index contributed by atoms with van der Waals surface area (Å²) >= 11 is 0. The highest BCUT2D eigenvalue weighted by molar-refractivity contribution is 5.39. The fraction of sp³-hybridized carbons (Fsp3) is 0.706. The molecule has 0 saturated heterocycles. The Morgan fingerprint density at radius 3 is 2.76 bits per heavy atom. The van der Waals surface area contributed by atoms with Gasteiger partial charge in [0.05, 0.1) is 5.60 Å². The van der Waals surface area contributed by atoms with Crippen molar-refractivity contribution < 1.29 is 4.74 Å². The molecule has 1 heterocycles. The highest BCUT2D eigenvalue weighted by atomic mass is 16.5. The van der Waals surface area contributed by atoms with Crippen LogP contribution in [0.25, 0.3) is 0 Å². The van der Waals surface area contributed by atoms with Gasteiger partial charge in [0.2, 0.25) is 0 Å². The highest BCUT2D eigenvalue weighted by Crippen LogP contribution is 2.38. The number of rotatable bonds is 6. The van der Waals surface area contributed by atoms with Crippen LogP contribution in [0.5, 0.6) is 0 Å². The Kier molecular flexibility index (Phi) is 5.59. The zero-order valence-electron chi connectivity index (χ0n) is 13.6. The first kappa shape index (κ1) is 16.2. The van der Waals surface area contributed by atoms with E-state index in [4.69, 9.17) is 10.5 Å². The van der Waals surface area contributed by atoms with Crippen LogP contribution < -0.4 is 11.1 Å². The molecular formula is C17H29N3O. The van der Waals surface area contributed by atoms with Gasteiger partial charge in [0.15, 0.2) is 0 Å². The van der Waals surface area contributed by atoms with Crippen LogP contribution >= 0.6 is 0 Å². The SMILES string of the molecule is CCOC1(C(Cc2cccnc2N)NC)CCC(C)CC1. The van der Waals surface area contributed by atoms with Crippen LogP contribution in [-0.4, -0.2) is 30.3 Å². The van der Waals surface area contributed by atoms with Gasteiger partial charge >= 0.3 is 0 Å². The average molecular weight is 291 g/mol. The Morgan fingerprint density at radius 1 is 1.48 bits per heavy atom. The third kappa shape index (κ3) is 3.74. The molecule has 21 heavy (non-hydrogen) atoms. The molecule has 3 N–H and O–H groups in total. The first-order chi connectivity index (χ1) is 10.1. The standard InChI is InChI=1S/C17H29N3O/c1-4-21-17(9-7-13(2)8-10-17)15(19-3)12-14-6-5-11-20-16(14)18/h5-6,11,13,15,19H,4,7-10,12H2,1-3H3,(H2,18,20). The summed E-state index contributed by atoms with van der Waals surface area (Å²) < 4.78 is 6.26. The maximum absolute atomic E-state index is 6.26. The molecule has 1 aromatic rings. The van der Waals surface area contributed by atoms with E-state index in [-0.39, 0.29) is 11.6 Å². The number of hydrogen-bond donors (Lipinski definition) is 2. The van der Waals surface area contributed by atoms with E-state index in [1.165, 1.54) is 12.8 Å². The minimum atomic E-state index is -0.0711. The molecule has 2 rings (SSSR count). The van der Waals surface area contributed by atoms with E-state index in [9.17, 15) is 0 Å². The Labute approximate surface area is 128 Å². The number of likely N-dealkylation sites (N-methyl/N-ethyl adjacent to an activating group) is 1. The Bertz CT molecular complexity index is 441. The molecule has 1 aromatic heterocycles. The molecule has 4 nitrogen and oxygen atoms in total. The molecule has 0 aromatic carbocycles. The summed E-state index contributed by atoms with van der Waals surface area (Å²) in [5, 5.41) is 3.48. The monoisotopic (exact) mass is 291 g/mol. The van der Waals surface area contributed by atoms with Crippen molar-refractivity contribution in [2.45, 2.75) is 57.6 Å². The molecule has 0 spiro atoms. The van der Waals surface area contributed by atoms with Crippen LogP contribution in [0.3, 0.4) is 0 Å². The quantitative estimate of drug-likeness (QED) is 0.846. The molecule has 1 fully saturated rings. The second-order valence-corrected chi connectivity index (χ2v) is 6.27. The van der Waals surface area contributed by atoms with Gasteiger partial charge in [-0.3, -0.25) is 0 Å². The van der Waals surface area contributed by atoms with Gasteiger partial charge in [-0.05, 0) is 63.6 Å². The number of nitrogen functional groups attached to an aromatic ring is 1. The van der Waals surface area contributed by atoms with Crippen LogP contribution in [0.1, 0.15) is 45.1 Å². The van der Waals surface area contributed by atoms with Crippen molar-refractivity contribution in [2.75, 3.05) is 19.4 Å². The first-order valence-corrected chi connectivity index (χ1v) is 8.12. The second kappa shape index (κ2) is 7.23. The fourth-order valence-corrected chi connectivity index (χ4v) is 3.53. The molecule has 118 valence electrons. The number of ether oxygens (including phenoxy) is 1. The van der Waals surface area contributed by atoms with Crippen LogP contribution in [-0.2, 0) is 11.2 Å². The van der Waals surface area contributed by atoms with E-state index in [0.29, 0.717) is 5.82 Å². The van der Waals surface area contributed by atoms with Gasteiger partial charge in [0.1, 0.15) is 5.82 Å². The van der Waals surface area contributed by atoms with Crippen molar-refractivity contribution in [2.24, 2.45) is 5.92 Å². The lowest BCUT2D eigenvalue weighted by Gasteiger charge is -2.45. The predicted octanol–water partition coefficient (Wildman–Crippen LogP) is 2.78. The van der Waals surface area contributed by atoms with Crippen molar-refractivity contribution in [3.05, 3.63) is 23.9 Å². The Hall–Kier alpha value is -1.13. The third-order valence-electron chi connectivity index (χ3n) is 4.89. The summed E-state index contributed by atoms with van der Waals surface area (Å²) in [5.74, 6) is 1.44. The van der Waals surface area contributed by atoms with Crippen molar-refractivity contribution >= 4 is 5.82 Å². The number of anilines is 1. The molecular weight excluding hydrogens is 262 g/mol. The molecule has 0 amide bonds. The normalized spacial score (nSPS) is 27.5. The van der Waals surface area contributed by atoms with Crippen LogP contribution in [0, 0.1) is 5.92 Å². The van der Waals surface area contributed by atoms with Gasteiger partial charge < -0.3 is 15.8 Å². The average Bonchev–Trinajstić information content (AvgIpc) is 2.49. The number of nitrogens with two attached hydrogens (primary N) is 1. The summed E-state index contributed by atoms with van der Waals surface area (Å²) in [6, 6.07) is 4.29. The second-order valence-electron chi connectivity index (χ2n) is 6.27.